The fourth-order valence-corrected chi connectivity index (χ4v) is 2.12. The van der Waals surface area contributed by atoms with Crippen LogP contribution in [0.25, 0.3) is 11.1 Å². The zero-order valence-electron chi connectivity index (χ0n) is 11.9. The summed E-state index contributed by atoms with van der Waals surface area (Å²) in [4.78, 5) is 16.2. The molecule has 2 aromatic heterocycles. The highest BCUT2D eigenvalue weighted by Crippen LogP contribution is 2.21. The van der Waals surface area contributed by atoms with E-state index in [4.69, 9.17) is 20.5 Å². The van der Waals surface area contributed by atoms with Crippen LogP contribution in [0.1, 0.15) is 32.5 Å². The third-order valence-electron chi connectivity index (χ3n) is 3.04. The highest BCUT2D eigenvalue weighted by atomic mass is 35.5. The molecule has 21 heavy (non-hydrogen) atoms. The third kappa shape index (κ3) is 2.58. The maximum absolute atomic E-state index is 11.9. The Morgan fingerprint density at radius 3 is 2.76 bits per heavy atom. The molecule has 0 radical (unpaired) electrons. The summed E-state index contributed by atoms with van der Waals surface area (Å²) >= 11 is 5.88. The number of oxazole rings is 1. The molecule has 6 nitrogen and oxygen atoms in total. The minimum Gasteiger partial charge on any atom is -0.408 e. The van der Waals surface area contributed by atoms with Crippen molar-refractivity contribution in [3.63, 3.8) is 0 Å². The summed E-state index contributed by atoms with van der Waals surface area (Å²) in [5, 5.41) is 4.42. The molecule has 0 aliphatic rings. The van der Waals surface area contributed by atoms with Gasteiger partial charge in [0, 0.05) is 16.5 Å². The van der Waals surface area contributed by atoms with Crippen LogP contribution in [0.15, 0.2) is 31.9 Å². The van der Waals surface area contributed by atoms with E-state index in [1.807, 2.05) is 20.8 Å². The summed E-state index contributed by atoms with van der Waals surface area (Å²) in [5.41, 5.74) is 0.848. The Labute approximate surface area is 125 Å². The molecule has 0 aliphatic heterocycles. The van der Waals surface area contributed by atoms with Gasteiger partial charge in [0.1, 0.15) is 0 Å². The Balaban J connectivity index is 2.00. The van der Waals surface area contributed by atoms with Gasteiger partial charge in [0.25, 0.3) is 0 Å². The zero-order chi connectivity index (χ0) is 15.2. The number of hydrogen-bond acceptors (Lipinski definition) is 5. The number of rotatable bonds is 2. The first-order valence-electron chi connectivity index (χ1n) is 6.46. The number of halogens is 1. The Morgan fingerprint density at radius 1 is 1.33 bits per heavy atom. The van der Waals surface area contributed by atoms with Gasteiger partial charge in [0.2, 0.25) is 5.89 Å². The molecule has 0 saturated carbocycles. The summed E-state index contributed by atoms with van der Waals surface area (Å²) in [6, 6.07) is 5.03. The molecule has 1 aromatic carbocycles. The number of benzene rings is 1. The van der Waals surface area contributed by atoms with E-state index in [9.17, 15) is 4.79 Å². The molecule has 2 heterocycles. The predicted molar refractivity (Wildman–Crippen MR) is 77.6 cm³/mol. The molecule has 0 saturated heterocycles. The minimum absolute atomic E-state index is 0.188. The predicted octanol–water partition coefficient (Wildman–Crippen LogP) is 2.98. The van der Waals surface area contributed by atoms with Crippen molar-refractivity contribution in [2.75, 3.05) is 0 Å². The van der Waals surface area contributed by atoms with Crippen molar-refractivity contribution in [3.05, 3.63) is 45.5 Å². The fourth-order valence-electron chi connectivity index (χ4n) is 1.95. The van der Waals surface area contributed by atoms with Crippen LogP contribution in [-0.2, 0) is 12.0 Å². The van der Waals surface area contributed by atoms with Crippen LogP contribution in [0.4, 0.5) is 0 Å². The topological polar surface area (TPSA) is 74.1 Å². The molecule has 0 fully saturated rings. The van der Waals surface area contributed by atoms with Gasteiger partial charge in [-0.1, -0.05) is 37.5 Å². The van der Waals surface area contributed by atoms with Crippen LogP contribution in [0.2, 0.25) is 5.02 Å². The van der Waals surface area contributed by atoms with Crippen LogP contribution in [-0.4, -0.2) is 14.7 Å². The summed E-state index contributed by atoms with van der Waals surface area (Å²) in [7, 11) is 0. The normalized spacial score (nSPS) is 12.2. The van der Waals surface area contributed by atoms with Crippen molar-refractivity contribution in [1.82, 2.24) is 14.7 Å². The first kappa shape index (κ1) is 13.9. The lowest BCUT2D eigenvalue weighted by Crippen LogP contribution is -2.16. The van der Waals surface area contributed by atoms with Gasteiger partial charge in [0.15, 0.2) is 11.4 Å². The van der Waals surface area contributed by atoms with Crippen LogP contribution < -0.4 is 5.76 Å². The van der Waals surface area contributed by atoms with Crippen molar-refractivity contribution in [2.24, 2.45) is 0 Å². The molecule has 3 aromatic rings. The summed E-state index contributed by atoms with van der Waals surface area (Å²) in [5.74, 6) is 0.482. The van der Waals surface area contributed by atoms with Gasteiger partial charge >= 0.3 is 5.76 Å². The monoisotopic (exact) mass is 307 g/mol. The van der Waals surface area contributed by atoms with Gasteiger partial charge in [-0.3, -0.25) is 4.57 Å². The maximum atomic E-state index is 11.9. The van der Waals surface area contributed by atoms with E-state index in [1.165, 1.54) is 4.57 Å². The summed E-state index contributed by atoms with van der Waals surface area (Å²) < 4.78 is 11.8. The van der Waals surface area contributed by atoms with E-state index in [-0.39, 0.29) is 12.0 Å². The molecule has 7 heteroatoms. The van der Waals surface area contributed by atoms with Crippen LogP contribution >= 0.6 is 11.6 Å². The Morgan fingerprint density at radius 2 is 2.10 bits per heavy atom. The van der Waals surface area contributed by atoms with E-state index >= 15 is 0 Å². The molecule has 0 bridgehead atoms. The van der Waals surface area contributed by atoms with Crippen LogP contribution in [0.3, 0.4) is 0 Å². The van der Waals surface area contributed by atoms with Crippen LogP contribution in [0.5, 0.6) is 0 Å². The molecule has 0 aliphatic carbocycles. The summed E-state index contributed by atoms with van der Waals surface area (Å²) in [6.07, 6.45) is 0. The lowest BCUT2D eigenvalue weighted by Gasteiger charge is -2.10. The van der Waals surface area contributed by atoms with E-state index in [1.54, 1.807) is 18.2 Å². The third-order valence-corrected chi connectivity index (χ3v) is 3.27. The Kier molecular flexibility index (Phi) is 3.13. The second-order valence-electron chi connectivity index (χ2n) is 5.83. The maximum Gasteiger partial charge on any atom is 0.420 e. The summed E-state index contributed by atoms with van der Waals surface area (Å²) in [6.45, 7) is 6.12. The SMILES string of the molecule is CC(C)(C)c1nc(Cn2c(=O)oc3cc(Cl)ccc32)no1. The van der Waals surface area contributed by atoms with Crippen molar-refractivity contribution < 1.29 is 8.94 Å². The van der Waals surface area contributed by atoms with Crippen molar-refractivity contribution in [1.29, 1.82) is 0 Å². The van der Waals surface area contributed by atoms with Gasteiger partial charge < -0.3 is 8.94 Å². The highest BCUT2D eigenvalue weighted by molar-refractivity contribution is 6.31. The Hall–Kier alpha value is -2.08. The second-order valence-corrected chi connectivity index (χ2v) is 6.27. The quantitative estimate of drug-likeness (QED) is 0.727. The smallest absolute Gasteiger partial charge is 0.408 e. The molecular weight excluding hydrogens is 294 g/mol. The minimum atomic E-state index is -0.477. The lowest BCUT2D eigenvalue weighted by atomic mass is 9.97. The van der Waals surface area contributed by atoms with Crippen molar-refractivity contribution in [2.45, 2.75) is 32.7 Å². The highest BCUT2D eigenvalue weighted by Gasteiger charge is 2.22. The first-order chi connectivity index (χ1) is 9.84. The average Bonchev–Trinajstić information content (AvgIpc) is 2.95. The Bertz CT molecular complexity index is 854. The van der Waals surface area contributed by atoms with Gasteiger partial charge in [-0.2, -0.15) is 4.98 Å². The van der Waals surface area contributed by atoms with E-state index < -0.39 is 5.76 Å². The van der Waals surface area contributed by atoms with Gasteiger partial charge in [-0.25, -0.2) is 4.79 Å². The van der Waals surface area contributed by atoms with Gasteiger partial charge in [-0.15, -0.1) is 0 Å². The number of hydrogen-bond donors (Lipinski definition) is 0. The molecule has 110 valence electrons. The van der Waals surface area contributed by atoms with Crippen molar-refractivity contribution in [3.8, 4) is 0 Å². The second kappa shape index (κ2) is 4.73. The fraction of sp³-hybridized carbons (Fsp3) is 0.357. The van der Waals surface area contributed by atoms with Gasteiger partial charge in [0.05, 0.1) is 12.1 Å². The zero-order valence-corrected chi connectivity index (χ0v) is 12.6. The molecule has 3 rings (SSSR count). The van der Waals surface area contributed by atoms with Crippen molar-refractivity contribution >= 4 is 22.7 Å². The van der Waals surface area contributed by atoms with Crippen LogP contribution in [0, 0.1) is 0 Å². The van der Waals surface area contributed by atoms with E-state index in [0.29, 0.717) is 27.8 Å². The standard InChI is InChI=1S/C14H14ClN3O3/c1-14(2,3)12-16-11(17-21-12)7-18-9-5-4-8(15)6-10(9)20-13(18)19/h4-6H,7H2,1-3H3. The molecule has 0 atom stereocenters. The number of aromatic nitrogens is 3. The van der Waals surface area contributed by atoms with E-state index in [2.05, 4.69) is 10.1 Å². The molecular formula is C14H14ClN3O3. The van der Waals surface area contributed by atoms with Gasteiger partial charge in [-0.05, 0) is 12.1 Å². The molecule has 0 N–H and O–H groups in total. The molecule has 0 unspecified atom stereocenters. The number of fused-ring (bicyclic) bond motifs is 1. The van der Waals surface area contributed by atoms with E-state index in [0.717, 1.165) is 0 Å². The first-order valence-corrected chi connectivity index (χ1v) is 6.84. The lowest BCUT2D eigenvalue weighted by molar-refractivity contribution is 0.317. The molecule has 0 spiro atoms. The average molecular weight is 308 g/mol. The largest absolute Gasteiger partial charge is 0.420 e. The molecule has 0 amide bonds. The number of nitrogens with zero attached hydrogens (tertiary/aromatic N) is 3.